The number of hydrogen-bond acceptors (Lipinski definition) is 4. The van der Waals surface area contributed by atoms with Crippen LogP contribution in [0.3, 0.4) is 0 Å². The van der Waals surface area contributed by atoms with Crippen LogP contribution in [0.4, 0.5) is 4.79 Å². The summed E-state index contributed by atoms with van der Waals surface area (Å²) in [6.45, 7) is 1.90. The highest BCUT2D eigenvalue weighted by Gasteiger charge is 2.07. The average Bonchev–Trinajstić information content (AvgIpc) is 2.26. The molecule has 0 aliphatic rings. The summed E-state index contributed by atoms with van der Waals surface area (Å²) in [5.74, 6) is -0.471. The van der Waals surface area contributed by atoms with Crippen molar-refractivity contribution in [3.8, 4) is 0 Å². The van der Waals surface area contributed by atoms with Crippen molar-refractivity contribution in [1.29, 1.82) is 0 Å². The van der Waals surface area contributed by atoms with E-state index in [0.29, 0.717) is 10.0 Å². The van der Waals surface area contributed by atoms with Crippen LogP contribution in [0.1, 0.15) is 17.3 Å². The molecular weight excluding hydrogens is 278 g/mol. The number of nitrogens with zero attached hydrogens (tertiary/aromatic N) is 1. The van der Waals surface area contributed by atoms with Crippen molar-refractivity contribution in [2.24, 2.45) is 0 Å². The number of pyridine rings is 1. The first-order valence-electron chi connectivity index (χ1n) is 4.47. The molecule has 1 rings (SSSR count). The van der Waals surface area contributed by atoms with Gasteiger partial charge in [-0.3, -0.25) is 15.2 Å². The molecule has 1 heterocycles. The Morgan fingerprint density at radius 3 is 2.81 bits per heavy atom. The van der Waals surface area contributed by atoms with Crippen LogP contribution < -0.4 is 10.9 Å². The van der Waals surface area contributed by atoms with E-state index >= 15 is 0 Å². The van der Waals surface area contributed by atoms with Crippen molar-refractivity contribution < 1.29 is 14.3 Å². The summed E-state index contributed by atoms with van der Waals surface area (Å²) < 4.78 is 5.24. The van der Waals surface area contributed by atoms with Crippen molar-refractivity contribution in [3.05, 3.63) is 28.5 Å². The number of ether oxygens (including phenoxy) is 1. The molecule has 2 amide bonds. The smallest absolute Gasteiger partial charge is 0.426 e. The molecule has 0 radical (unpaired) electrons. The normalized spacial score (nSPS) is 9.38. The number of hydrazine groups is 1. The van der Waals surface area contributed by atoms with Gasteiger partial charge in [-0.15, -0.1) is 0 Å². The predicted molar refractivity (Wildman–Crippen MR) is 59.6 cm³/mol. The molecule has 16 heavy (non-hydrogen) atoms. The van der Waals surface area contributed by atoms with Crippen LogP contribution in [0, 0.1) is 0 Å². The minimum Gasteiger partial charge on any atom is -0.449 e. The van der Waals surface area contributed by atoms with Gasteiger partial charge >= 0.3 is 6.09 Å². The first kappa shape index (κ1) is 12.4. The van der Waals surface area contributed by atoms with Gasteiger partial charge in [0.1, 0.15) is 0 Å². The van der Waals surface area contributed by atoms with Crippen LogP contribution in [0.15, 0.2) is 22.9 Å². The SMILES string of the molecule is CCOC(=O)NNC(=O)c1cncc(Br)c1. The van der Waals surface area contributed by atoms with Crippen molar-refractivity contribution in [2.45, 2.75) is 6.92 Å². The Morgan fingerprint density at radius 2 is 2.19 bits per heavy atom. The van der Waals surface area contributed by atoms with E-state index in [2.05, 4.69) is 36.5 Å². The van der Waals surface area contributed by atoms with E-state index in [1.54, 1.807) is 19.2 Å². The third-order valence-electron chi connectivity index (χ3n) is 1.52. The molecule has 2 N–H and O–H groups in total. The Kier molecular flexibility index (Phi) is 4.71. The number of hydrogen-bond donors (Lipinski definition) is 2. The molecule has 0 aromatic carbocycles. The highest BCUT2D eigenvalue weighted by Crippen LogP contribution is 2.08. The topological polar surface area (TPSA) is 80.3 Å². The van der Waals surface area contributed by atoms with E-state index in [1.165, 1.54) is 6.20 Å². The second-order valence-electron chi connectivity index (χ2n) is 2.69. The Balaban J connectivity index is 2.50. The van der Waals surface area contributed by atoms with Gasteiger partial charge in [-0.05, 0) is 28.9 Å². The lowest BCUT2D eigenvalue weighted by Gasteiger charge is -2.06. The van der Waals surface area contributed by atoms with Crippen molar-refractivity contribution in [3.63, 3.8) is 0 Å². The number of halogens is 1. The summed E-state index contributed by atoms with van der Waals surface area (Å²) in [6.07, 6.45) is 2.22. The Labute approximate surface area is 100 Å². The first-order valence-corrected chi connectivity index (χ1v) is 5.26. The van der Waals surface area contributed by atoms with Crippen LogP contribution >= 0.6 is 15.9 Å². The molecule has 0 unspecified atom stereocenters. The summed E-state index contributed by atoms with van der Waals surface area (Å²) in [5, 5.41) is 0. The van der Waals surface area contributed by atoms with Gasteiger partial charge in [0.2, 0.25) is 0 Å². The van der Waals surface area contributed by atoms with Gasteiger partial charge in [0.15, 0.2) is 0 Å². The van der Waals surface area contributed by atoms with Crippen molar-refractivity contribution in [1.82, 2.24) is 15.8 Å². The molecule has 0 saturated heterocycles. The quantitative estimate of drug-likeness (QED) is 0.802. The van der Waals surface area contributed by atoms with E-state index in [1.807, 2.05) is 0 Å². The molecule has 86 valence electrons. The van der Waals surface area contributed by atoms with Crippen LogP contribution in [0.5, 0.6) is 0 Å². The number of amides is 2. The van der Waals surface area contributed by atoms with E-state index in [-0.39, 0.29) is 6.61 Å². The van der Waals surface area contributed by atoms with E-state index in [9.17, 15) is 9.59 Å². The van der Waals surface area contributed by atoms with Crippen molar-refractivity contribution >= 4 is 27.9 Å². The number of aromatic nitrogens is 1. The van der Waals surface area contributed by atoms with Crippen LogP contribution in [0.25, 0.3) is 0 Å². The van der Waals surface area contributed by atoms with Crippen LogP contribution in [0.2, 0.25) is 0 Å². The molecule has 0 bridgehead atoms. The van der Waals surface area contributed by atoms with Gasteiger partial charge in [-0.1, -0.05) is 0 Å². The monoisotopic (exact) mass is 287 g/mol. The third-order valence-corrected chi connectivity index (χ3v) is 1.95. The molecule has 1 aromatic rings. The predicted octanol–water partition coefficient (Wildman–Crippen LogP) is 1.23. The number of rotatable bonds is 2. The Hall–Kier alpha value is -1.63. The van der Waals surface area contributed by atoms with Gasteiger partial charge < -0.3 is 4.74 Å². The average molecular weight is 288 g/mol. The minimum absolute atomic E-state index is 0.236. The van der Waals surface area contributed by atoms with Gasteiger partial charge in [-0.2, -0.15) is 0 Å². The number of carbonyl (C=O) groups excluding carboxylic acids is 2. The number of carbonyl (C=O) groups is 2. The maximum Gasteiger partial charge on any atom is 0.426 e. The molecule has 0 atom stereocenters. The second-order valence-corrected chi connectivity index (χ2v) is 3.61. The largest absolute Gasteiger partial charge is 0.449 e. The fourth-order valence-corrected chi connectivity index (χ4v) is 1.25. The maximum absolute atomic E-state index is 11.5. The van der Waals surface area contributed by atoms with Gasteiger partial charge in [0, 0.05) is 16.9 Å². The standard InChI is InChI=1S/C9H10BrN3O3/c1-2-16-9(15)13-12-8(14)6-3-7(10)5-11-4-6/h3-5H,2H2,1H3,(H,12,14)(H,13,15). The summed E-state index contributed by atoms with van der Waals surface area (Å²) in [4.78, 5) is 26.2. The van der Waals surface area contributed by atoms with Gasteiger partial charge in [0.25, 0.3) is 5.91 Å². The summed E-state index contributed by atoms with van der Waals surface area (Å²) in [7, 11) is 0. The molecule has 6 nitrogen and oxygen atoms in total. The number of nitrogens with one attached hydrogen (secondary N) is 2. The lowest BCUT2D eigenvalue weighted by Crippen LogP contribution is -2.41. The molecular formula is C9H10BrN3O3. The summed E-state index contributed by atoms with van der Waals surface area (Å²) >= 11 is 3.18. The minimum atomic E-state index is -0.709. The molecule has 0 aliphatic carbocycles. The van der Waals surface area contributed by atoms with Gasteiger partial charge in [0.05, 0.1) is 12.2 Å². The van der Waals surface area contributed by atoms with E-state index < -0.39 is 12.0 Å². The zero-order valence-corrected chi connectivity index (χ0v) is 10.1. The summed E-state index contributed by atoms with van der Waals surface area (Å²) in [6, 6.07) is 1.58. The second kappa shape index (κ2) is 6.06. The van der Waals surface area contributed by atoms with Crippen molar-refractivity contribution in [2.75, 3.05) is 6.61 Å². The van der Waals surface area contributed by atoms with E-state index in [0.717, 1.165) is 0 Å². The summed E-state index contributed by atoms with van der Waals surface area (Å²) in [5.41, 5.74) is 4.61. The molecule has 0 saturated carbocycles. The zero-order chi connectivity index (χ0) is 12.0. The Morgan fingerprint density at radius 1 is 1.44 bits per heavy atom. The molecule has 0 aliphatic heterocycles. The highest BCUT2D eigenvalue weighted by molar-refractivity contribution is 9.10. The van der Waals surface area contributed by atoms with Gasteiger partial charge in [-0.25, -0.2) is 10.2 Å². The molecule has 7 heteroatoms. The third kappa shape index (κ3) is 3.85. The van der Waals surface area contributed by atoms with Crippen LogP contribution in [-0.2, 0) is 4.74 Å². The maximum atomic E-state index is 11.5. The van der Waals surface area contributed by atoms with E-state index in [4.69, 9.17) is 0 Å². The fourth-order valence-electron chi connectivity index (χ4n) is 0.883. The molecule has 0 spiro atoms. The lowest BCUT2D eigenvalue weighted by molar-refractivity contribution is 0.0912. The molecule has 0 fully saturated rings. The van der Waals surface area contributed by atoms with Crippen LogP contribution in [-0.4, -0.2) is 23.6 Å². The molecule has 1 aromatic heterocycles. The zero-order valence-electron chi connectivity index (χ0n) is 8.49. The first-order chi connectivity index (χ1) is 7.63. The lowest BCUT2D eigenvalue weighted by atomic mass is 10.3. The fraction of sp³-hybridized carbons (Fsp3) is 0.222. The highest BCUT2D eigenvalue weighted by atomic mass is 79.9. The Bertz CT molecular complexity index is 397.